The standard InChI is InChI=1S/C15H23FN2O2/c1-3-20-14-10-13(12(17)9-11(14)16)18-7-4-5-15(2,19)6-8-18/h9-10,19H,3-8,17H2,1-2H3. The molecule has 0 aliphatic carbocycles. The van der Waals surface area contributed by atoms with Gasteiger partial charge in [0, 0.05) is 25.2 Å². The van der Waals surface area contributed by atoms with Gasteiger partial charge in [-0.05, 0) is 33.1 Å². The van der Waals surface area contributed by atoms with E-state index < -0.39 is 11.4 Å². The summed E-state index contributed by atoms with van der Waals surface area (Å²) >= 11 is 0. The van der Waals surface area contributed by atoms with Gasteiger partial charge in [-0.1, -0.05) is 0 Å². The normalized spacial score (nSPS) is 23.5. The lowest BCUT2D eigenvalue weighted by Gasteiger charge is -2.26. The van der Waals surface area contributed by atoms with E-state index in [2.05, 4.69) is 4.90 Å². The van der Waals surface area contributed by atoms with E-state index in [9.17, 15) is 9.50 Å². The van der Waals surface area contributed by atoms with Crippen LogP contribution in [0.5, 0.6) is 5.75 Å². The van der Waals surface area contributed by atoms with Gasteiger partial charge in [0.25, 0.3) is 0 Å². The minimum absolute atomic E-state index is 0.229. The Labute approximate surface area is 119 Å². The third-order valence-electron chi connectivity index (χ3n) is 3.79. The fraction of sp³-hybridized carbons (Fsp3) is 0.600. The molecule has 0 amide bonds. The summed E-state index contributed by atoms with van der Waals surface area (Å²) in [5.74, 6) is -0.206. The molecule has 1 aromatic carbocycles. The third kappa shape index (κ3) is 3.33. The lowest BCUT2D eigenvalue weighted by atomic mass is 9.98. The Bertz CT molecular complexity index is 477. The topological polar surface area (TPSA) is 58.7 Å². The molecule has 1 aliphatic rings. The molecule has 20 heavy (non-hydrogen) atoms. The summed E-state index contributed by atoms with van der Waals surface area (Å²) < 4.78 is 19.0. The third-order valence-corrected chi connectivity index (χ3v) is 3.79. The van der Waals surface area contributed by atoms with Crippen molar-refractivity contribution in [2.75, 3.05) is 30.3 Å². The van der Waals surface area contributed by atoms with Crippen LogP contribution in [0.3, 0.4) is 0 Å². The second-order valence-electron chi connectivity index (χ2n) is 5.61. The van der Waals surface area contributed by atoms with E-state index in [0.29, 0.717) is 25.3 Å². The average molecular weight is 282 g/mol. The molecule has 0 spiro atoms. The Morgan fingerprint density at radius 1 is 1.40 bits per heavy atom. The molecule has 0 saturated carbocycles. The molecule has 112 valence electrons. The summed E-state index contributed by atoms with van der Waals surface area (Å²) in [4.78, 5) is 2.10. The van der Waals surface area contributed by atoms with E-state index in [4.69, 9.17) is 10.5 Å². The maximum absolute atomic E-state index is 13.7. The van der Waals surface area contributed by atoms with Crippen LogP contribution in [0.1, 0.15) is 33.1 Å². The second kappa shape index (κ2) is 5.87. The van der Waals surface area contributed by atoms with Crippen LogP contribution in [0, 0.1) is 5.82 Å². The van der Waals surface area contributed by atoms with Gasteiger partial charge in [0.1, 0.15) is 0 Å². The van der Waals surface area contributed by atoms with Gasteiger partial charge >= 0.3 is 0 Å². The molecule has 1 saturated heterocycles. The quantitative estimate of drug-likeness (QED) is 0.837. The highest BCUT2D eigenvalue weighted by Crippen LogP contribution is 2.33. The zero-order valence-electron chi connectivity index (χ0n) is 12.2. The van der Waals surface area contributed by atoms with Crippen LogP contribution in [0.15, 0.2) is 12.1 Å². The highest BCUT2D eigenvalue weighted by atomic mass is 19.1. The molecule has 2 rings (SSSR count). The van der Waals surface area contributed by atoms with Gasteiger partial charge in [-0.25, -0.2) is 4.39 Å². The van der Waals surface area contributed by atoms with Crippen molar-refractivity contribution in [3.8, 4) is 5.75 Å². The maximum Gasteiger partial charge on any atom is 0.167 e. The number of hydrogen-bond donors (Lipinski definition) is 2. The number of hydrogen-bond acceptors (Lipinski definition) is 4. The molecule has 5 heteroatoms. The first-order chi connectivity index (χ1) is 9.43. The van der Waals surface area contributed by atoms with E-state index in [1.807, 2.05) is 13.8 Å². The van der Waals surface area contributed by atoms with Gasteiger partial charge in [0.15, 0.2) is 11.6 Å². The van der Waals surface area contributed by atoms with E-state index in [1.165, 1.54) is 6.07 Å². The van der Waals surface area contributed by atoms with Gasteiger partial charge in [0.2, 0.25) is 0 Å². The molecule has 4 nitrogen and oxygen atoms in total. The van der Waals surface area contributed by atoms with Crippen molar-refractivity contribution in [3.63, 3.8) is 0 Å². The number of nitrogens with two attached hydrogens (primary N) is 1. The van der Waals surface area contributed by atoms with Crippen LogP contribution in [0.2, 0.25) is 0 Å². The molecule has 1 heterocycles. The largest absolute Gasteiger partial charge is 0.491 e. The van der Waals surface area contributed by atoms with Crippen LogP contribution in [0.25, 0.3) is 0 Å². The van der Waals surface area contributed by atoms with Crippen LogP contribution in [-0.4, -0.2) is 30.4 Å². The minimum Gasteiger partial charge on any atom is -0.491 e. The molecule has 1 aliphatic heterocycles. The lowest BCUT2D eigenvalue weighted by Crippen LogP contribution is -2.28. The summed E-state index contributed by atoms with van der Waals surface area (Å²) in [6, 6.07) is 2.97. The number of aliphatic hydroxyl groups is 1. The first kappa shape index (κ1) is 14.9. The number of nitrogens with zero attached hydrogens (tertiary/aromatic N) is 1. The van der Waals surface area contributed by atoms with Crippen molar-refractivity contribution in [1.82, 2.24) is 0 Å². The molecule has 0 radical (unpaired) electrons. The van der Waals surface area contributed by atoms with Crippen molar-refractivity contribution >= 4 is 11.4 Å². The molecule has 1 aromatic rings. The van der Waals surface area contributed by atoms with Crippen molar-refractivity contribution < 1.29 is 14.2 Å². The molecule has 1 fully saturated rings. The Balaban J connectivity index is 2.25. The van der Waals surface area contributed by atoms with E-state index in [-0.39, 0.29) is 5.75 Å². The second-order valence-corrected chi connectivity index (χ2v) is 5.61. The number of benzene rings is 1. The van der Waals surface area contributed by atoms with Crippen LogP contribution < -0.4 is 15.4 Å². The van der Waals surface area contributed by atoms with E-state index >= 15 is 0 Å². The van der Waals surface area contributed by atoms with Crippen molar-refractivity contribution in [1.29, 1.82) is 0 Å². The summed E-state index contributed by atoms with van der Waals surface area (Å²) in [7, 11) is 0. The van der Waals surface area contributed by atoms with Crippen LogP contribution >= 0.6 is 0 Å². The molecule has 1 unspecified atom stereocenters. The number of anilines is 2. The summed E-state index contributed by atoms with van der Waals surface area (Å²) in [6.07, 6.45) is 2.32. The van der Waals surface area contributed by atoms with Gasteiger partial charge in [-0.3, -0.25) is 0 Å². The molecule has 1 atom stereocenters. The molecular weight excluding hydrogens is 259 g/mol. The highest BCUT2D eigenvalue weighted by Gasteiger charge is 2.26. The molecule has 3 N–H and O–H groups in total. The fourth-order valence-electron chi connectivity index (χ4n) is 2.60. The van der Waals surface area contributed by atoms with Crippen molar-refractivity contribution in [3.05, 3.63) is 17.9 Å². The predicted molar refractivity (Wildman–Crippen MR) is 78.7 cm³/mol. The Morgan fingerprint density at radius 2 is 2.15 bits per heavy atom. The smallest absolute Gasteiger partial charge is 0.167 e. The summed E-state index contributed by atoms with van der Waals surface area (Å²) in [5, 5.41) is 10.1. The Kier molecular flexibility index (Phi) is 4.38. The maximum atomic E-state index is 13.7. The van der Waals surface area contributed by atoms with Gasteiger partial charge in [0.05, 0.1) is 23.6 Å². The number of rotatable bonds is 3. The van der Waals surface area contributed by atoms with Crippen molar-refractivity contribution in [2.45, 2.75) is 38.7 Å². The van der Waals surface area contributed by atoms with Crippen LogP contribution in [0.4, 0.5) is 15.8 Å². The predicted octanol–water partition coefficient (Wildman–Crippen LogP) is 2.55. The Hall–Kier alpha value is -1.49. The van der Waals surface area contributed by atoms with E-state index in [1.54, 1.807) is 6.07 Å². The summed E-state index contributed by atoms with van der Waals surface area (Å²) in [5.41, 5.74) is 6.50. The SMILES string of the molecule is CCOc1cc(N2CCCC(C)(O)CC2)c(N)cc1F. The van der Waals surface area contributed by atoms with Crippen molar-refractivity contribution in [2.24, 2.45) is 0 Å². The summed E-state index contributed by atoms with van der Waals surface area (Å²) in [6.45, 7) is 5.59. The highest BCUT2D eigenvalue weighted by molar-refractivity contribution is 5.70. The average Bonchev–Trinajstić information content (AvgIpc) is 2.54. The zero-order chi connectivity index (χ0) is 14.8. The van der Waals surface area contributed by atoms with Crippen LogP contribution in [-0.2, 0) is 0 Å². The number of halogens is 1. The number of ether oxygens (including phenoxy) is 1. The Morgan fingerprint density at radius 3 is 2.85 bits per heavy atom. The molecule has 0 aromatic heterocycles. The lowest BCUT2D eigenvalue weighted by molar-refractivity contribution is 0.0481. The minimum atomic E-state index is -0.633. The molecular formula is C15H23FN2O2. The number of nitrogen functional groups attached to an aromatic ring is 1. The van der Waals surface area contributed by atoms with Gasteiger partial charge < -0.3 is 20.5 Å². The van der Waals surface area contributed by atoms with Gasteiger partial charge in [-0.15, -0.1) is 0 Å². The zero-order valence-corrected chi connectivity index (χ0v) is 12.2. The van der Waals surface area contributed by atoms with E-state index in [0.717, 1.165) is 25.1 Å². The fourth-order valence-corrected chi connectivity index (χ4v) is 2.60. The first-order valence-corrected chi connectivity index (χ1v) is 7.12. The monoisotopic (exact) mass is 282 g/mol. The first-order valence-electron chi connectivity index (χ1n) is 7.12. The molecule has 0 bridgehead atoms. The van der Waals surface area contributed by atoms with Gasteiger partial charge in [-0.2, -0.15) is 0 Å².